The molecule has 0 aromatic heterocycles. The Morgan fingerprint density at radius 1 is 1.38 bits per heavy atom. The predicted octanol–water partition coefficient (Wildman–Crippen LogP) is 0.398. The van der Waals surface area contributed by atoms with E-state index in [1.807, 2.05) is 0 Å². The van der Waals surface area contributed by atoms with Gasteiger partial charge >= 0.3 is 8.17 Å². The van der Waals surface area contributed by atoms with Gasteiger partial charge in [-0.2, -0.15) is 13.6 Å². The molecule has 2 bridgehead atoms. The first-order valence-electron chi connectivity index (χ1n) is 3.73. The Hall–Kier alpha value is -0.420. The number of fused-ring (bicyclic) bond motifs is 3. The third-order valence-electron chi connectivity index (χ3n) is 2.06. The maximum Gasteiger partial charge on any atom is 0.379 e. The van der Waals surface area contributed by atoms with Crippen LogP contribution in [0, 0.1) is 5.41 Å². The van der Waals surface area contributed by atoms with Crippen LogP contribution in [-0.2, 0) is 13.6 Å². The molecule has 0 atom stereocenters. The quantitative estimate of drug-likeness (QED) is 0.282. The molecule has 8 heteroatoms. The topological polar surface area (TPSA) is 99.5 Å². The molecule has 0 amide bonds. The molecule has 0 unspecified atom stereocenters. The van der Waals surface area contributed by atoms with Gasteiger partial charge in [0, 0.05) is 11.5 Å². The van der Waals surface area contributed by atoms with E-state index in [4.69, 9.17) is 19.1 Å². The largest absolute Gasteiger partial charge is 0.606 e. The average molecular weight is 205 g/mol. The van der Waals surface area contributed by atoms with Crippen LogP contribution in [0.15, 0.2) is 5.11 Å². The first-order chi connectivity index (χ1) is 6.18. The van der Waals surface area contributed by atoms with Gasteiger partial charge in [0.05, 0.1) is 5.41 Å². The molecule has 3 aliphatic heterocycles. The summed E-state index contributed by atoms with van der Waals surface area (Å²) in [5.74, 6) is 0. The Labute approximate surface area is 74.9 Å². The fraction of sp³-hybridized carbons (Fsp3) is 1.00. The van der Waals surface area contributed by atoms with Crippen LogP contribution in [0.2, 0.25) is 0 Å². The van der Waals surface area contributed by atoms with Crippen molar-refractivity contribution in [2.24, 2.45) is 10.5 Å². The van der Waals surface area contributed by atoms with E-state index in [1.54, 1.807) is 0 Å². The molecular formula is C5H8N3O4P. The number of azide groups is 1. The molecule has 0 aromatic carbocycles. The molecule has 0 radical (unpaired) electrons. The number of phosphoric ester groups is 1. The maximum atomic E-state index is 11.3. The number of hydrogen-bond donors (Lipinski definition) is 0. The SMILES string of the molecule is [N-]=[N+]=NCC12CO[P+]([O-])(OC1)OC2. The molecule has 0 aliphatic carbocycles. The van der Waals surface area contributed by atoms with Crippen LogP contribution in [0.1, 0.15) is 0 Å². The van der Waals surface area contributed by atoms with Gasteiger partial charge in [-0.15, -0.1) is 0 Å². The van der Waals surface area contributed by atoms with E-state index < -0.39 is 13.6 Å². The summed E-state index contributed by atoms with van der Waals surface area (Å²) >= 11 is 0. The molecule has 3 fully saturated rings. The molecule has 7 nitrogen and oxygen atoms in total. The lowest BCUT2D eigenvalue weighted by Crippen LogP contribution is -2.50. The fourth-order valence-corrected chi connectivity index (χ4v) is 2.72. The second kappa shape index (κ2) is 3.06. The van der Waals surface area contributed by atoms with Crippen LogP contribution < -0.4 is 4.89 Å². The van der Waals surface area contributed by atoms with E-state index in [2.05, 4.69) is 10.0 Å². The average Bonchev–Trinajstić information content (AvgIpc) is 2.18. The van der Waals surface area contributed by atoms with E-state index in [0.29, 0.717) is 0 Å². The first-order valence-corrected chi connectivity index (χ1v) is 5.19. The van der Waals surface area contributed by atoms with Gasteiger partial charge in [0.1, 0.15) is 19.8 Å². The Kier molecular flexibility index (Phi) is 2.15. The summed E-state index contributed by atoms with van der Waals surface area (Å²) in [6.07, 6.45) is 0. The number of phosphoric acid groups is 1. The van der Waals surface area contributed by atoms with E-state index in [9.17, 15) is 4.89 Å². The van der Waals surface area contributed by atoms with E-state index in [0.717, 1.165) is 0 Å². The van der Waals surface area contributed by atoms with E-state index in [-0.39, 0.29) is 26.4 Å². The lowest BCUT2D eigenvalue weighted by atomic mass is 9.92. The summed E-state index contributed by atoms with van der Waals surface area (Å²) in [5.41, 5.74) is 7.71. The fourth-order valence-electron chi connectivity index (χ4n) is 1.20. The summed E-state index contributed by atoms with van der Waals surface area (Å²) < 4.78 is 14.7. The number of hydrogen-bond acceptors (Lipinski definition) is 5. The molecule has 3 heterocycles. The summed E-state index contributed by atoms with van der Waals surface area (Å²) in [5, 5.41) is 3.44. The highest BCUT2D eigenvalue weighted by atomic mass is 31.2. The van der Waals surface area contributed by atoms with Crippen LogP contribution in [0.4, 0.5) is 0 Å². The van der Waals surface area contributed by atoms with Gasteiger partial charge in [-0.25, -0.2) is 0 Å². The van der Waals surface area contributed by atoms with Crippen molar-refractivity contribution >= 4 is 8.17 Å². The Balaban J connectivity index is 2.06. The lowest BCUT2D eigenvalue weighted by molar-refractivity contribution is -0.286. The molecule has 72 valence electrons. The lowest BCUT2D eigenvalue weighted by Gasteiger charge is -2.44. The molecule has 0 aromatic rings. The summed E-state index contributed by atoms with van der Waals surface area (Å²) in [6.45, 7) is 1.04. The minimum Gasteiger partial charge on any atom is -0.606 e. The molecule has 3 saturated heterocycles. The van der Waals surface area contributed by atoms with Crippen molar-refractivity contribution in [2.45, 2.75) is 0 Å². The van der Waals surface area contributed by atoms with E-state index in [1.165, 1.54) is 0 Å². The summed E-state index contributed by atoms with van der Waals surface area (Å²) in [6, 6.07) is 0. The normalized spacial score (nSPS) is 42.8. The van der Waals surface area contributed by atoms with Crippen molar-refractivity contribution in [1.82, 2.24) is 0 Å². The van der Waals surface area contributed by atoms with Gasteiger partial charge in [0.15, 0.2) is 0 Å². The van der Waals surface area contributed by atoms with Gasteiger partial charge in [-0.3, -0.25) is 0 Å². The molecular weight excluding hydrogens is 197 g/mol. The first kappa shape index (κ1) is 9.15. The Morgan fingerprint density at radius 3 is 2.38 bits per heavy atom. The molecule has 0 spiro atoms. The van der Waals surface area contributed by atoms with Crippen molar-refractivity contribution in [2.75, 3.05) is 26.4 Å². The van der Waals surface area contributed by atoms with Crippen LogP contribution in [0.25, 0.3) is 10.4 Å². The highest BCUT2D eigenvalue weighted by Gasteiger charge is 2.54. The van der Waals surface area contributed by atoms with Crippen molar-refractivity contribution in [3.8, 4) is 0 Å². The van der Waals surface area contributed by atoms with Crippen molar-refractivity contribution in [1.29, 1.82) is 0 Å². The van der Waals surface area contributed by atoms with Gasteiger partial charge < -0.3 is 4.89 Å². The molecule has 3 aliphatic rings. The number of rotatable bonds is 2. The molecule has 0 N–H and O–H groups in total. The van der Waals surface area contributed by atoms with Gasteiger partial charge in [0.25, 0.3) is 0 Å². The van der Waals surface area contributed by atoms with E-state index >= 15 is 0 Å². The van der Waals surface area contributed by atoms with Gasteiger partial charge in [0.2, 0.25) is 0 Å². The van der Waals surface area contributed by atoms with Crippen LogP contribution in [0.3, 0.4) is 0 Å². The minimum atomic E-state index is -3.24. The second-order valence-corrected chi connectivity index (χ2v) is 4.83. The zero-order valence-electron chi connectivity index (χ0n) is 6.75. The second-order valence-electron chi connectivity index (χ2n) is 3.16. The molecule has 0 saturated carbocycles. The third kappa shape index (κ3) is 1.62. The monoisotopic (exact) mass is 205 g/mol. The van der Waals surface area contributed by atoms with Crippen LogP contribution >= 0.6 is 8.17 Å². The minimum absolute atomic E-state index is 0.240. The predicted molar refractivity (Wildman–Crippen MR) is 41.2 cm³/mol. The maximum absolute atomic E-state index is 11.3. The Morgan fingerprint density at radius 2 is 1.92 bits per heavy atom. The zero-order chi connectivity index (χ0) is 9.36. The van der Waals surface area contributed by atoms with Gasteiger partial charge in [-0.1, -0.05) is 5.11 Å². The highest BCUT2D eigenvalue weighted by molar-refractivity contribution is 7.54. The highest BCUT2D eigenvalue weighted by Crippen LogP contribution is 2.63. The third-order valence-corrected chi connectivity index (χ3v) is 3.39. The smallest absolute Gasteiger partial charge is 0.379 e. The molecule has 3 rings (SSSR count). The summed E-state index contributed by atoms with van der Waals surface area (Å²) in [4.78, 5) is 13.9. The molecule has 13 heavy (non-hydrogen) atoms. The van der Waals surface area contributed by atoms with Gasteiger partial charge in [-0.05, 0) is 5.53 Å². The van der Waals surface area contributed by atoms with Crippen molar-refractivity contribution < 1.29 is 18.5 Å². The van der Waals surface area contributed by atoms with Crippen LogP contribution in [-0.4, -0.2) is 26.4 Å². The van der Waals surface area contributed by atoms with Crippen molar-refractivity contribution in [3.63, 3.8) is 0 Å². The standard InChI is InChI=1S/C5H8N3O4P/c6-8-7-1-5-2-10-13(9,11-3-5)12-4-5/h1-4H2. The van der Waals surface area contributed by atoms with Crippen LogP contribution in [0.5, 0.6) is 0 Å². The number of nitrogens with zero attached hydrogens (tertiary/aromatic N) is 3. The summed E-state index contributed by atoms with van der Waals surface area (Å²) in [7, 11) is -3.24. The Bertz CT molecular complexity index is 242. The zero-order valence-corrected chi connectivity index (χ0v) is 7.64. The van der Waals surface area contributed by atoms with Crippen molar-refractivity contribution in [3.05, 3.63) is 10.4 Å².